The molecule has 1 aromatic carbocycles. The van der Waals surface area contributed by atoms with Gasteiger partial charge in [-0.25, -0.2) is 4.68 Å². The minimum absolute atomic E-state index is 0.796. The molecule has 1 heterocycles. The molecular formula is C9H11N3O. The number of hydrogen-bond donors (Lipinski definition) is 1. The van der Waals surface area contributed by atoms with Gasteiger partial charge in [-0.1, -0.05) is 17.3 Å². The first kappa shape index (κ1) is 8.19. The van der Waals surface area contributed by atoms with Crippen LogP contribution in [0, 0.1) is 0 Å². The molecule has 4 heteroatoms. The van der Waals surface area contributed by atoms with E-state index in [0.29, 0.717) is 0 Å². The van der Waals surface area contributed by atoms with Gasteiger partial charge in [-0.2, -0.15) is 0 Å². The predicted octanol–water partition coefficient (Wildman–Crippen LogP) is 1.12. The Morgan fingerprint density at radius 1 is 1.31 bits per heavy atom. The van der Waals surface area contributed by atoms with Crippen molar-refractivity contribution in [3.05, 3.63) is 24.3 Å². The largest absolute Gasteiger partial charge is 0.370 e. The maximum atomic E-state index is 9.74. The number of aliphatic hydroxyl groups is 1. The quantitative estimate of drug-likeness (QED) is 0.710. The second-order valence-corrected chi connectivity index (χ2v) is 3.48. The molecule has 68 valence electrons. The Morgan fingerprint density at radius 3 is 2.69 bits per heavy atom. The fraction of sp³-hybridized carbons (Fsp3) is 0.333. The first-order valence-electron chi connectivity index (χ1n) is 4.12. The van der Waals surface area contributed by atoms with Crippen molar-refractivity contribution < 1.29 is 5.11 Å². The average Bonchev–Trinajstić information content (AvgIpc) is 2.45. The van der Waals surface area contributed by atoms with Crippen LogP contribution in [0.25, 0.3) is 11.0 Å². The summed E-state index contributed by atoms with van der Waals surface area (Å²) >= 11 is 0. The van der Waals surface area contributed by atoms with E-state index in [9.17, 15) is 5.11 Å². The van der Waals surface area contributed by atoms with E-state index in [2.05, 4.69) is 10.3 Å². The minimum atomic E-state index is -1.00. The zero-order valence-electron chi connectivity index (χ0n) is 7.60. The third-order valence-electron chi connectivity index (χ3n) is 1.87. The third kappa shape index (κ3) is 1.29. The summed E-state index contributed by atoms with van der Waals surface area (Å²) in [6, 6.07) is 7.54. The Bertz CT molecular complexity index is 428. The van der Waals surface area contributed by atoms with E-state index in [4.69, 9.17) is 0 Å². The Hall–Kier alpha value is -1.42. The van der Waals surface area contributed by atoms with Gasteiger partial charge in [0.15, 0.2) is 5.72 Å². The van der Waals surface area contributed by atoms with Crippen molar-refractivity contribution >= 4 is 11.0 Å². The van der Waals surface area contributed by atoms with Crippen LogP contribution in [0.15, 0.2) is 24.3 Å². The summed E-state index contributed by atoms with van der Waals surface area (Å²) in [5.74, 6) is 0. The van der Waals surface area contributed by atoms with Gasteiger partial charge in [-0.3, -0.25) is 0 Å². The lowest BCUT2D eigenvalue weighted by Gasteiger charge is -2.17. The van der Waals surface area contributed by atoms with E-state index < -0.39 is 5.72 Å². The molecule has 4 nitrogen and oxygen atoms in total. The van der Waals surface area contributed by atoms with Crippen LogP contribution >= 0.6 is 0 Å². The number of aromatic nitrogens is 3. The smallest absolute Gasteiger partial charge is 0.154 e. The summed E-state index contributed by atoms with van der Waals surface area (Å²) in [4.78, 5) is 0. The van der Waals surface area contributed by atoms with Crippen molar-refractivity contribution in [2.45, 2.75) is 19.6 Å². The van der Waals surface area contributed by atoms with Gasteiger partial charge < -0.3 is 5.11 Å². The standard InChI is InChI=1S/C9H11N3O/c1-9(2,13)12-8-6-4-3-5-7(8)10-11-12/h3-6,13H,1-2H3. The lowest BCUT2D eigenvalue weighted by Crippen LogP contribution is -2.26. The zero-order chi connectivity index (χ0) is 9.47. The van der Waals surface area contributed by atoms with Crippen LogP contribution in [0.4, 0.5) is 0 Å². The lowest BCUT2D eigenvalue weighted by molar-refractivity contribution is -0.00765. The van der Waals surface area contributed by atoms with Gasteiger partial charge in [0, 0.05) is 0 Å². The molecule has 2 rings (SSSR count). The van der Waals surface area contributed by atoms with Crippen LogP contribution in [-0.4, -0.2) is 20.1 Å². The van der Waals surface area contributed by atoms with E-state index >= 15 is 0 Å². The molecule has 2 aromatic rings. The Balaban J connectivity index is 2.72. The number of rotatable bonds is 1. The molecule has 0 spiro atoms. The molecule has 0 fully saturated rings. The number of benzene rings is 1. The lowest BCUT2D eigenvalue weighted by atomic mass is 10.2. The van der Waals surface area contributed by atoms with Gasteiger partial charge in [0.25, 0.3) is 0 Å². The Labute approximate surface area is 75.8 Å². The SMILES string of the molecule is CC(C)(O)n1nnc2ccccc21. The van der Waals surface area contributed by atoms with Gasteiger partial charge in [0.2, 0.25) is 0 Å². The van der Waals surface area contributed by atoms with Gasteiger partial charge in [-0.15, -0.1) is 5.10 Å². The molecule has 0 radical (unpaired) electrons. The van der Waals surface area contributed by atoms with E-state index in [1.54, 1.807) is 13.8 Å². The highest BCUT2D eigenvalue weighted by Gasteiger charge is 2.18. The van der Waals surface area contributed by atoms with Crippen LogP contribution in [0.5, 0.6) is 0 Å². The van der Waals surface area contributed by atoms with Crippen LogP contribution < -0.4 is 0 Å². The van der Waals surface area contributed by atoms with Crippen molar-refractivity contribution in [1.82, 2.24) is 15.0 Å². The molecule has 0 atom stereocenters. The summed E-state index contributed by atoms with van der Waals surface area (Å²) in [5, 5.41) is 17.6. The molecule has 0 saturated carbocycles. The maximum absolute atomic E-state index is 9.74. The molecule has 0 aliphatic rings. The normalized spacial score (nSPS) is 12.2. The highest BCUT2D eigenvalue weighted by atomic mass is 16.3. The van der Waals surface area contributed by atoms with E-state index in [0.717, 1.165) is 11.0 Å². The van der Waals surface area contributed by atoms with Crippen molar-refractivity contribution in [2.75, 3.05) is 0 Å². The topological polar surface area (TPSA) is 50.9 Å². The molecule has 13 heavy (non-hydrogen) atoms. The molecule has 0 amide bonds. The number of para-hydroxylation sites is 1. The summed E-state index contributed by atoms with van der Waals surface area (Å²) in [5.41, 5.74) is 0.635. The fourth-order valence-electron chi connectivity index (χ4n) is 1.27. The molecular weight excluding hydrogens is 166 g/mol. The zero-order valence-corrected chi connectivity index (χ0v) is 7.60. The molecule has 1 aromatic heterocycles. The Morgan fingerprint density at radius 2 is 2.00 bits per heavy atom. The van der Waals surface area contributed by atoms with Crippen molar-refractivity contribution in [3.8, 4) is 0 Å². The molecule has 0 aliphatic heterocycles. The van der Waals surface area contributed by atoms with E-state index in [1.165, 1.54) is 4.68 Å². The summed E-state index contributed by atoms with van der Waals surface area (Å²) in [7, 11) is 0. The highest BCUT2D eigenvalue weighted by Crippen LogP contribution is 2.17. The van der Waals surface area contributed by atoms with Crippen LogP contribution in [0.2, 0.25) is 0 Å². The third-order valence-corrected chi connectivity index (χ3v) is 1.87. The second kappa shape index (κ2) is 2.53. The van der Waals surface area contributed by atoms with Crippen LogP contribution in [-0.2, 0) is 5.72 Å². The monoisotopic (exact) mass is 177 g/mol. The average molecular weight is 177 g/mol. The Kier molecular flexibility index (Phi) is 1.60. The summed E-state index contributed by atoms with van der Waals surface area (Å²) < 4.78 is 1.50. The number of fused-ring (bicyclic) bond motifs is 1. The van der Waals surface area contributed by atoms with Gasteiger partial charge in [0.05, 0.1) is 5.52 Å². The molecule has 0 unspecified atom stereocenters. The minimum Gasteiger partial charge on any atom is -0.370 e. The van der Waals surface area contributed by atoms with E-state index in [-0.39, 0.29) is 0 Å². The fourth-order valence-corrected chi connectivity index (χ4v) is 1.27. The van der Waals surface area contributed by atoms with Crippen molar-refractivity contribution in [2.24, 2.45) is 0 Å². The molecule has 1 N–H and O–H groups in total. The highest BCUT2D eigenvalue weighted by molar-refractivity contribution is 5.74. The van der Waals surface area contributed by atoms with Crippen LogP contribution in [0.3, 0.4) is 0 Å². The van der Waals surface area contributed by atoms with Crippen molar-refractivity contribution in [1.29, 1.82) is 0 Å². The first-order chi connectivity index (χ1) is 6.09. The summed E-state index contributed by atoms with van der Waals surface area (Å²) in [6.07, 6.45) is 0. The second-order valence-electron chi connectivity index (χ2n) is 3.48. The van der Waals surface area contributed by atoms with Gasteiger partial charge >= 0.3 is 0 Å². The number of hydrogen-bond acceptors (Lipinski definition) is 3. The van der Waals surface area contributed by atoms with Crippen LogP contribution in [0.1, 0.15) is 13.8 Å². The van der Waals surface area contributed by atoms with Gasteiger partial charge in [0.1, 0.15) is 5.52 Å². The first-order valence-corrected chi connectivity index (χ1v) is 4.12. The molecule has 0 aliphatic carbocycles. The number of nitrogens with zero attached hydrogens (tertiary/aromatic N) is 3. The predicted molar refractivity (Wildman–Crippen MR) is 49.1 cm³/mol. The van der Waals surface area contributed by atoms with Crippen molar-refractivity contribution in [3.63, 3.8) is 0 Å². The molecule has 0 bridgehead atoms. The summed E-state index contributed by atoms with van der Waals surface area (Å²) in [6.45, 7) is 3.35. The molecule has 0 saturated heterocycles. The van der Waals surface area contributed by atoms with Gasteiger partial charge in [-0.05, 0) is 26.0 Å². The maximum Gasteiger partial charge on any atom is 0.154 e. The van der Waals surface area contributed by atoms with E-state index in [1.807, 2.05) is 24.3 Å².